The number of aliphatic carboxylic acids is 1. The Labute approximate surface area is 120 Å². The van der Waals surface area contributed by atoms with E-state index in [-0.39, 0.29) is 23.2 Å². The van der Waals surface area contributed by atoms with Gasteiger partial charge in [0.1, 0.15) is 11.9 Å². The van der Waals surface area contributed by atoms with Gasteiger partial charge in [-0.25, -0.2) is 4.98 Å². The van der Waals surface area contributed by atoms with E-state index in [4.69, 9.17) is 10.4 Å². The topological polar surface area (TPSA) is 129 Å². The van der Waals surface area contributed by atoms with Crippen LogP contribution < -0.4 is 5.32 Å². The minimum Gasteiger partial charge on any atom is -0.481 e. The first-order valence-corrected chi connectivity index (χ1v) is 6.55. The van der Waals surface area contributed by atoms with Crippen molar-refractivity contribution in [2.24, 2.45) is 11.8 Å². The normalized spacial score (nSPS) is 20.7. The number of carbonyl (C=O) groups is 1. The minimum absolute atomic E-state index is 0.00466. The van der Waals surface area contributed by atoms with Crippen LogP contribution in [0.4, 0.5) is 11.5 Å². The lowest BCUT2D eigenvalue weighted by Gasteiger charge is -2.16. The van der Waals surface area contributed by atoms with Crippen LogP contribution in [-0.4, -0.2) is 27.5 Å². The molecule has 1 aliphatic carbocycles. The lowest BCUT2D eigenvalue weighted by Crippen LogP contribution is -2.24. The van der Waals surface area contributed by atoms with Crippen LogP contribution in [0.1, 0.15) is 25.0 Å². The summed E-state index contributed by atoms with van der Waals surface area (Å²) in [5, 5.41) is 31.6. The highest BCUT2D eigenvalue weighted by molar-refractivity contribution is 5.70. The summed E-state index contributed by atoms with van der Waals surface area (Å²) in [6, 6.07) is 4.33. The van der Waals surface area contributed by atoms with Gasteiger partial charge in [0, 0.05) is 12.6 Å². The van der Waals surface area contributed by atoms with Gasteiger partial charge >= 0.3 is 11.7 Å². The fourth-order valence-corrected chi connectivity index (χ4v) is 2.62. The number of rotatable bonds is 5. The monoisotopic (exact) mass is 290 g/mol. The third-order valence-corrected chi connectivity index (χ3v) is 3.70. The van der Waals surface area contributed by atoms with Crippen LogP contribution in [0.2, 0.25) is 0 Å². The van der Waals surface area contributed by atoms with E-state index in [2.05, 4.69) is 10.3 Å². The number of carboxylic acids is 1. The molecule has 1 heterocycles. The molecule has 8 nitrogen and oxygen atoms in total. The van der Waals surface area contributed by atoms with E-state index in [9.17, 15) is 14.9 Å². The van der Waals surface area contributed by atoms with Crippen molar-refractivity contribution >= 4 is 17.5 Å². The molecule has 110 valence electrons. The van der Waals surface area contributed by atoms with Crippen LogP contribution >= 0.6 is 0 Å². The Kier molecular flexibility index (Phi) is 4.33. The van der Waals surface area contributed by atoms with Crippen LogP contribution in [0.5, 0.6) is 0 Å². The number of nitro groups is 1. The van der Waals surface area contributed by atoms with Gasteiger partial charge in [-0.05, 0) is 24.8 Å². The average molecular weight is 290 g/mol. The Morgan fingerprint density at radius 3 is 2.95 bits per heavy atom. The average Bonchev–Trinajstić information content (AvgIpc) is 2.93. The lowest BCUT2D eigenvalue weighted by atomic mass is 9.96. The van der Waals surface area contributed by atoms with Crippen molar-refractivity contribution in [3.8, 4) is 6.07 Å². The molecule has 1 aliphatic rings. The largest absolute Gasteiger partial charge is 0.481 e. The Balaban J connectivity index is 2.06. The molecule has 2 unspecified atom stereocenters. The van der Waals surface area contributed by atoms with Crippen LogP contribution in [0.3, 0.4) is 0 Å². The number of nitrogens with zero attached hydrogens (tertiary/aromatic N) is 3. The van der Waals surface area contributed by atoms with Gasteiger partial charge < -0.3 is 10.4 Å². The van der Waals surface area contributed by atoms with Crippen molar-refractivity contribution in [2.75, 3.05) is 11.9 Å². The summed E-state index contributed by atoms with van der Waals surface area (Å²) >= 11 is 0. The van der Waals surface area contributed by atoms with Gasteiger partial charge in [0.05, 0.1) is 10.8 Å². The molecule has 1 fully saturated rings. The van der Waals surface area contributed by atoms with E-state index < -0.39 is 10.9 Å². The Bertz CT molecular complexity index is 611. The smallest absolute Gasteiger partial charge is 0.306 e. The number of anilines is 1. The number of pyridine rings is 1. The molecular weight excluding hydrogens is 276 g/mol. The van der Waals surface area contributed by atoms with Gasteiger partial charge in [-0.15, -0.1) is 0 Å². The highest BCUT2D eigenvalue weighted by Gasteiger charge is 2.32. The van der Waals surface area contributed by atoms with Crippen molar-refractivity contribution < 1.29 is 14.8 Å². The number of aromatic nitrogens is 1. The van der Waals surface area contributed by atoms with E-state index in [1.807, 2.05) is 0 Å². The molecule has 21 heavy (non-hydrogen) atoms. The molecular formula is C13H14N4O4. The molecule has 2 atom stereocenters. The molecule has 2 rings (SSSR count). The van der Waals surface area contributed by atoms with Gasteiger partial charge in [0.2, 0.25) is 5.69 Å². The van der Waals surface area contributed by atoms with Crippen molar-refractivity contribution in [3.63, 3.8) is 0 Å². The maximum absolute atomic E-state index is 11.1. The third kappa shape index (κ3) is 3.25. The standard InChI is InChI=1S/C13H14N4O4/c14-6-10-11(17(20)21)4-5-12(16-10)15-7-8-2-1-3-9(8)13(18)19/h4-5,8-9H,1-3,7H2,(H,15,16)(H,18,19). The number of nitriles is 1. The predicted octanol–water partition coefficient (Wildman–Crippen LogP) is 1.77. The second kappa shape index (κ2) is 6.17. The minimum atomic E-state index is -0.798. The zero-order valence-corrected chi connectivity index (χ0v) is 11.2. The summed E-state index contributed by atoms with van der Waals surface area (Å²) < 4.78 is 0. The van der Waals surface area contributed by atoms with Crippen molar-refractivity contribution in [3.05, 3.63) is 27.9 Å². The van der Waals surface area contributed by atoms with Gasteiger partial charge in [-0.2, -0.15) is 5.26 Å². The number of hydrogen-bond acceptors (Lipinski definition) is 6. The van der Waals surface area contributed by atoms with Crippen molar-refractivity contribution in [2.45, 2.75) is 19.3 Å². The molecule has 1 aromatic heterocycles. The van der Waals surface area contributed by atoms with Gasteiger partial charge in [-0.3, -0.25) is 14.9 Å². The Hall–Kier alpha value is -2.69. The van der Waals surface area contributed by atoms with E-state index in [1.54, 1.807) is 6.07 Å². The molecule has 0 aromatic carbocycles. The predicted molar refractivity (Wildman–Crippen MR) is 72.6 cm³/mol. The van der Waals surface area contributed by atoms with E-state index in [1.165, 1.54) is 12.1 Å². The maximum Gasteiger partial charge on any atom is 0.306 e. The Morgan fingerprint density at radius 2 is 2.33 bits per heavy atom. The molecule has 1 aromatic rings. The second-order valence-electron chi connectivity index (χ2n) is 4.95. The molecule has 0 aliphatic heterocycles. The fourth-order valence-electron chi connectivity index (χ4n) is 2.62. The summed E-state index contributed by atoms with van der Waals surface area (Å²) in [5.41, 5.74) is -0.599. The zero-order valence-electron chi connectivity index (χ0n) is 11.2. The molecule has 0 saturated heterocycles. The van der Waals surface area contributed by atoms with Gasteiger partial charge in [-0.1, -0.05) is 6.42 Å². The zero-order chi connectivity index (χ0) is 15.4. The molecule has 2 N–H and O–H groups in total. The van der Waals surface area contributed by atoms with Crippen molar-refractivity contribution in [1.82, 2.24) is 4.98 Å². The molecule has 0 bridgehead atoms. The molecule has 0 amide bonds. The second-order valence-corrected chi connectivity index (χ2v) is 4.95. The SMILES string of the molecule is N#Cc1nc(NCC2CCCC2C(=O)O)ccc1[N+](=O)[O-]. The highest BCUT2D eigenvalue weighted by Crippen LogP contribution is 2.32. The van der Waals surface area contributed by atoms with E-state index in [0.717, 1.165) is 12.8 Å². The first-order valence-electron chi connectivity index (χ1n) is 6.55. The third-order valence-electron chi connectivity index (χ3n) is 3.70. The number of hydrogen-bond donors (Lipinski definition) is 2. The van der Waals surface area contributed by atoms with Crippen LogP contribution in [0, 0.1) is 33.3 Å². The van der Waals surface area contributed by atoms with Crippen LogP contribution in [-0.2, 0) is 4.79 Å². The quantitative estimate of drug-likeness (QED) is 0.624. The molecule has 8 heteroatoms. The molecule has 1 saturated carbocycles. The first kappa shape index (κ1) is 14.7. The number of carboxylic acid groups (broad SMARTS) is 1. The summed E-state index contributed by atoms with van der Waals surface area (Å²) in [6.45, 7) is 0.423. The number of nitrogens with one attached hydrogen (secondary N) is 1. The van der Waals surface area contributed by atoms with Crippen LogP contribution in [0.15, 0.2) is 12.1 Å². The summed E-state index contributed by atoms with van der Waals surface area (Å²) in [6.07, 6.45) is 2.36. The van der Waals surface area contributed by atoms with Crippen molar-refractivity contribution in [1.29, 1.82) is 5.26 Å². The summed E-state index contributed by atoms with van der Waals surface area (Å²) in [7, 11) is 0. The molecule has 0 radical (unpaired) electrons. The van der Waals surface area contributed by atoms with Gasteiger partial charge in [0.15, 0.2) is 0 Å². The maximum atomic E-state index is 11.1. The first-order chi connectivity index (χ1) is 10.0. The van der Waals surface area contributed by atoms with E-state index in [0.29, 0.717) is 18.8 Å². The lowest BCUT2D eigenvalue weighted by molar-refractivity contribution is -0.385. The Morgan fingerprint density at radius 1 is 1.57 bits per heavy atom. The van der Waals surface area contributed by atoms with E-state index >= 15 is 0 Å². The van der Waals surface area contributed by atoms with Gasteiger partial charge in [0.25, 0.3) is 0 Å². The summed E-state index contributed by atoms with van der Waals surface area (Å²) in [5.74, 6) is -0.821. The summed E-state index contributed by atoms with van der Waals surface area (Å²) in [4.78, 5) is 25.0. The van der Waals surface area contributed by atoms with Crippen LogP contribution in [0.25, 0.3) is 0 Å². The highest BCUT2D eigenvalue weighted by atomic mass is 16.6. The molecule has 0 spiro atoms. The fraction of sp³-hybridized carbons (Fsp3) is 0.462.